The maximum atomic E-state index is 12.4. The molecule has 2 N–H and O–H groups in total. The third kappa shape index (κ3) is 3.91. The molecule has 1 aromatic carbocycles. The Balaban J connectivity index is 1.61. The van der Waals surface area contributed by atoms with E-state index in [1.54, 1.807) is 29.0 Å². The summed E-state index contributed by atoms with van der Waals surface area (Å²) in [7, 11) is 1.76. The molecule has 24 heavy (non-hydrogen) atoms. The van der Waals surface area contributed by atoms with E-state index < -0.39 is 0 Å². The fraction of sp³-hybridized carbons (Fsp3) is 0.471. The summed E-state index contributed by atoms with van der Waals surface area (Å²) in [6.07, 6.45) is 7.05. The zero-order valence-electron chi connectivity index (χ0n) is 13.8. The smallest absolute Gasteiger partial charge is 0.321 e. The number of urea groups is 1. The minimum absolute atomic E-state index is 0.163. The zero-order chi connectivity index (χ0) is 16.9. The van der Waals surface area contributed by atoms with Crippen LogP contribution < -0.4 is 5.32 Å². The van der Waals surface area contributed by atoms with E-state index in [4.69, 9.17) is 0 Å². The first-order valence-electron chi connectivity index (χ1n) is 8.30. The van der Waals surface area contributed by atoms with Crippen LogP contribution in [0.4, 0.5) is 10.5 Å². The van der Waals surface area contributed by atoms with Gasteiger partial charge in [-0.15, -0.1) is 5.10 Å². The second-order valence-corrected chi connectivity index (χ2v) is 6.32. The standard InChI is InChI=1S/C17H23N5O2/c1-21(12-13-5-2-3-8-16(13)23)17(24)19-14-6-4-7-15(11-14)22-10-9-18-20-22/h4,6-7,9-11,13,16,23H,2-3,5,8,12H2,1H3,(H,19,24). The number of aliphatic hydroxyl groups is 1. The minimum Gasteiger partial charge on any atom is -0.393 e. The number of aliphatic hydroxyl groups excluding tert-OH is 1. The van der Waals surface area contributed by atoms with E-state index in [1.165, 1.54) is 0 Å². The van der Waals surface area contributed by atoms with Crippen molar-refractivity contribution < 1.29 is 9.90 Å². The van der Waals surface area contributed by atoms with E-state index in [2.05, 4.69) is 15.6 Å². The van der Waals surface area contributed by atoms with E-state index >= 15 is 0 Å². The lowest BCUT2D eigenvalue weighted by Gasteiger charge is -2.31. The second-order valence-electron chi connectivity index (χ2n) is 6.32. The Morgan fingerprint density at radius 1 is 1.42 bits per heavy atom. The molecule has 0 saturated heterocycles. The third-order valence-electron chi connectivity index (χ3n) is 4.51. The monoisotopic (exact) mass is 329 g/mol. The highest BCUT2D eigenvalue weighted by molar-refractivity contribution is 5.89. The van der Waals surface area contributed by atoms with Crippen LogP contribution in [0.25, 0.3) is 5.69 Å². The molecule has 2 amide bonds. The highest BCUT2D eigenvalue weighted by Crippen LogP contribution is 2.25. The number of carbonyl (C=O) groups is 1. The first kappa shape index (κ1) is 16.4. The van der Waals surface area contributed by atoms with E-state index in [9.17, 15) is 9.90 Å². The summed E-state index contributed by atoms with van der Waals surface area (Å²) < 4.78 is 1.64. The molecular weight excluding hydrogens is 306 g/mol. The summed E-state index contributed by atoms with van der Waals surface area (Å²) >= 11 is 0. The van der Waals surface area contributed by atoms with Gasteiger partial charge in [0.15, 0.2) is 0 Å². The zero-order valence-corrected chi connectivity index (χ0v) is 13.8. The molecule has 1 aliphatic carbocycles. The van der Waals surface area contributed by atoms with Gasteiger partial charge in [0.05, 0.1) is 24.2 Å². The average Bonchev–Trinajstić information content (AvgIpc) is 3.12. The fourth-order valence-electron chi connectivity index (χ4n) is 3.13. The van der Waals surface area contributed by atoms with Crippen molar-refractivity contribution in [3.05, 3.63) is 36.7 Å². The van der Waals surface area contributed by atoms with Crippen LogP contribution in [0.2, 0.25) is 0 Å². The summed E-state index contributed by atoms with van der Waals surface area (Å²) in [5.41, 5.74) is 1.53. The Labute approximate surface area is 141 Å². The van der Waals surface area contributed by atoms with Crippen LogP contribution in [-0.4, -0.2) is 50.7 Å². The molecule has 2 unspecified atom stereocenters. The molecule has 0 spiro atoms. The van der Waals surface area contributed by atoms with Crippen LogP contribution in [0, 0.1) is 5.92 Å². The molecule has 1 saturated carbocycles. The van der Waals surface area contributed by atoms with E-state index in [-0.39, 0.29) is 18.1 Å². The van der Waals surface area contributed by atoms with Crippen molar-refractivity contribution in [3.63, 3.8) is 0 Å². The number of aromatic nitrogens is 3. The van der Waals surface area contributed by atoms with Gasteiger partial charge in [0.2, 0.25) is 0 Å². The number of hydrogen-bond acceptors (Lipinski definition) is 4. The van der Waals surface area contributed by atoms with Crippen molar-refractivity contribution in [2.24, 2.45) is 5.92 Å². The van der Waals surface area contributed by atoms with Gasteiger partial charge in [0.25, 0.3) is 0 Å². The number of anilines is 1. The molecule has 0 bridgehead atoms. The molecule has 128 valence electrons. The molecular formula is C17H23N5O2. The van der Waals surface area contributed by atoms with E-state index in [1.807, 2.05) is 24.3 Å². The number of carbonyl (C=O) groups excluding carboxylic acids is 1. The van der Waals surface area contributed by atoms with Gasteiger partial charge in [-0.3, -0.25) is 0 Å². The predicted octanol–water partition coefficient (Wildman–Crippen LogP) is 2.28. The van der Waals surface area contributed by atoms with Crippen LogP contribution in [0.3, 0.4) is 0 Å². The molecule has 2 aromatic rings. The van der Waals surface area contributed by atoms with Gasteiger partial charge in [-0.05, 0) is 31.0 Å². The molecule has 3 rings (SSSR count). The maximum Gasteiger partial charge on any atom is 0.321 e. The first-order chi connectivity index (χ1) is 11.6. The lowest BCUT2D eigenvalue weighted by atomic mass is 9.86. The van der Waals surface area contributed by atoms with Crippen LogP contribution in [-0.2, 0) is 0 Å². The molecule has 1 fully saturated rings. The van der Waals surface area contributed by atoms with Crippen LogP contribution in [0.1, 0.15) is 25.7 Å². The fourth-order valence-corrected chi connectivity index (χ4v) is 3.13. The predicted molar refractivity (Wildman–Crippen MR) is 91.0 cm³/mol. The summed E-state index contributed by atoms with van der Waals surface area (Å²) in [6.45, 7) is 0.565. The van der Waals surface area contributed by atoms with Crippen molar-refractivity contribution in [1.82, 2.24) is 19.9 Å². The normalized spacial score (nSPS) is 20.6. The topological polar surface area (TPSA) is 83.3 Å². The summed E-state index contributed by atoms with van der Waals surface area (Å²) in [5, 5.41) is 20.7. The number of nitrogens with one attached hydrogen (secondary N) is 1. The number of nitrogens with zero attached hydrogens (tertiary/aromatic N) is 4. The van der Waals surface area contributed by atoms with Crippen molar-refractivity contribution in [3.8, 4) is 5.69 Å². The van der Waals surface area contributed by atoms with Crippen LogP contribution in [0.15, 0.2) is 36.7 Å². The maximum absolute atomic E-state index is 12.4. The third-order valence-corrected chi connectivity index (χ3v) is 4.51. The largest absolute Gasteiger partial charge is 0.393 e. The Morgan fingerprint density at radius 2 is 2.25 bits per heavy atom. The number of hydrogen-bond donors (Lipinski definition) is 2. The van der Waals surface area contributed by atoms with Crippen LogP contribution in [0.5, 0.6) is 0 Å². The van der Waals surface area contributed by atoms with Gasteiger partial charge in [0, 0.05) is 25.2 Å². The molecule has 7 nitrogen and oxygen atoms in total. The van der Waals surface area contributed by atoms with Crippen molar-refractivity contribution >= 4 is 11.7 Å². The quantitative estimate of drug-likeness (QED) is 0.901. The summed E-state index contributed by atoms with van der Waals surface area (Å²) in [6, 6.07) is 7.25. The van der Waals surface area contributed by atoms with Gasteiger partial charge < -0.3 is 15.3 Å². The van der Waals surface area contributed by atoms with Gasteiger partial charge >= 0.3 is 6.03 Å². The lowest BCUT2D eigenvalue weighted by Crippen LogP contribution is -2.40. The second kappa shape index (κ2) is 7.44. The molecule has 1 aromatic heterocycles. The molecule has 0 radical (unpaired) electrons. The average molecular weight is 329 g/mol. The number of rotatable bonds is 4. The van der Waals surface area contributed by atoms with Crippen molar-refractivity contribution in [1.29, 1.82) is 0 Å². The Hall–Kier alpha value is -2.41. The van der Waals surface area contributed by atoms with Gasteiger partial charge in [-0.1, -0.05) is 24.1 Å². The van der Waals surface area contributed by atoms with E-state index in [0.717, 1.165) is 31.4 Å². The molecule has 1 heterocycles. The molecule has 2 atom stereocenters. The van der Waals surface area contributed by atoms with Gasteiger partial charge in [-0.25, -0.2) is 9.48 Å². The highest BCUT2D eigenvalue weighted by Gasteiger charge is 2.25. The molecule has 7 heteroatoms. The number of amides is 2. The first-order valence-corrected chi connectivity index (χ1v) is 8.30. The number of benzene rings is 1. The van der Waals surface area contributed by atoms with Crippen molar-refractivity contribution in [2.45, 2.75) is 31.8 Å². The minimum atomic E-state index is -0.301. The lowest BCUT2D eigenvalue weighted by molar-refractivity contribution is 0.0575. The SMILES string of the molecule is CN(CC1CCCCC1O)C(=O)Nc1cccc(-n2ccnn2)c1. The molecule has 1 aliphatic rings. The van der Waals surface area contributed by atoms with Crippen molar-refractivity contribution in [2.75, 3.05) is 18.9 Å². The van der Waals surface area contributed by atoms with Gasteiger partial charge in [-0.2, -0.15) is 0 Å². The molecule has 0 aliphatic heterocycles. The summed E-state index contributed by atoms with van der Waals surface area (Å²) in [5.74, 6) is 0.163. The van der Waals surface area contributed by atoms with E-state index in [0.29, 0.717) is 12.2 Å². The Kier molecular flexibility index (Phi) is 5.10. The Morgan fingerprint density at radius 3 is 3.00 bits per heavy atom. The highest BCUT2D eigenvalue weighted by atomic mass is 16.3. The van der Waals surface area contributed by atoms with Crippen LogP contribution >= 0.6 is 0 Å². The summed E-state index contributed by atoms with van der Waals surface area (Å²) in [4.78, 5) is 14.0. The van der Waals surface area contributed by atoms with Gasteiger partial charge in [0.1, 0.15) is 0 Å². The Bertz CT molecular complexity index is 673.